The summed E-state index contributed by atoms with van der Waals surface area (Å²) in [6.07, 6.45) is 1.24. The minimum atomic E-state index is -0.276. The van der Waals surface area contributed by atoms with E-state index >= 15 is 0 Å². The van der Waals surface area contributed by atoms with Crippen LogP contribution in [-0.2, 0) is 0 Å². The molecule has 0 radical (unpaired) electrons. The molecule has 0 saturated heterocycles. The van der Waals surface area contributed by atoms with Crippen LogP contribution in [-0.4, -0.2) is 20.4 Å². The van der Waals surface area contributed by atoms with Gasteiger partial charge >= 0.3 is 0 Å². The lowest BCUT2D eigenvalue weighted by molar-refractivity contribution is 0.566. The third-order valence-electron chi connectivity index (χ3n) is 2.31. The molecule has 2 heterocycles. The molecular weight excluding hydrogens is 223 g/mol. The maximum absolute atomic E-state index is 12.8. The lowest BCUT2D eigenvalue weighted by atomic mass is 10.1. The molecule has 5 nitrogen and oxygen atoms in total. The SMILES string of the molecule is Fc1ccc(-c2cc(-c3nnco3)[nH]n2)cc1. The van der Waals surface area contributed by atoms with Gasteiger partial charge in [0.1, 0.15) is 11.5 Å². The zero-order chi connectivity index (χ0) is 11.7. The Morgan fingerprint density at radius 1 is 1.18 bits per heavy atom. The number of aromatic amines is 1. The Morgan fingerprint density at radius 2 is 2.00 bits per heavy atom. The zero-order valence-electron chi connectivity index (χ0n) is 8.59. The molecule has 0 atom stereocenters. The van der Waals surface area contributed by atoms with Crippen LogP contribution in [0.25, 0.3) is 22.8 Å². The van der Waals surface area contributed by atoms with Crippen molar-refractivity contribution in [3.63, 3.8) is 0 Å². The van der Waals surface area contributed by atoms with Crippen LogP contribution in [0.4, 0.5) is 4.39 Å². The van der Waals surface area contributed by atoms with Crippen molar-refractivity contribution in [2.24, 2.45) is 0 Å². The fourth-order valence-electron chi connectivity index (χ4n) is 1.49. The molecule has 2 aromatic heterocycles. The van der Waals surface area contributed by atoms with Gasteiger partial charge in [0.2, 0.25) is 6.39 Å². The molecule has 0 aliphatic rings. The molecule has 0 unspecified atom stereocenters. The fraction of sp³-hybridized carbons (Fsp3) is 0. The summed E-state index contributed by atoms with van der Waals surface area (Å²) < 4.78 is 17.8. The van der Waals surface area contributed by atoms with Crippen LogP contribution < -0.4 is 0 Å². The van der Waals surface area contributed by atoms with E-state index in [1.165, 1.54) is 18.5 Å². The summed E-state index contributed by atoms with van der Waals surface area (Å²) in [6.45, 7) is 0. The second-order valence-electron chi connectivity index (χ2n) is 3.42. The number of benzene rings is 1. The van der Waals surface area contributed by atoms with E-state index in [0.29, 0.717) is 17.3 Å². The first-order valence-electron chi connectivity index (χ1n) is 4.91. The van der Waals surface area contributed by atoms with Crippen LogP contribution in [0.15, 0.2) is 41.1 Å². The summed E-state index contributed by atoms with van der Waals surface area (Å²) in [7, 11) is 0. The summed E-state index contributed by atoms with van der Waals surface area (Å²) in [5.74, 6) is 0.0901. The first-order valence-corrected chi connectivity index (χ1v) is 4.91. The van der Waals surface area contributed by atoms with Crippen molar-refractivity contribution in [3.05, 3.63) is 42.5 Å². The molecule has 0 aliphatic carbocycles. The van der Waals surface area contributed by atoms with Crippen LogP contribution in [0.5, 0.6) is 0 Å². The van der Waals surface area contributed by atoms with Gasteiger partial charge in [0.25, 0.3) is 5.89 Å². The highest BCUT2D eigenvalue weighted by molar-refractivity contribution is 5.64. The predicted octanol–water partition coefficient (Wildman–Crippen LogP) is 2.27. The van der Waals surface area contributed by atoms with Gasteiger partial charge in [-0.3, -0.25) is 5.10 Å². The molecule has 0 aliphatic heterocycles. The van der Waals surface area contributed by atoms with Crippen LogP contribution >= 0.6 is 0 Å². The van der Waals surface area contributed by atoms with Gasteiger partial charge in [-0.25, -0.2) is 4.39 Å². The number of H-pyrrole nitrogens is 1. The van der Waals surface area contributed by atoms with Crippen molar-refractivity contribution < 1.29 is 8.81 Å². The number of halogens is 1. The second kappa shape index (κ2) is 3.82. The first-order chi connectivity index (χ1) is 8.33. The summed E-state index contributed by atoms with van der Waals surface area (Å²) >= 11 is 0. The lowest BCUT2D eigenvalue weighted by Crippen LogP contribution is -1.78. The molecule has 0 fully saturated rings. The Bertz CT molecular complexity index is 615. The summed E-state index contributed by atoms with van der Waals surface area (Å²) in [6, 6.07) is 7.85. The van der Waals surface area contributed by atoms with Crippen molar-refractivity contribution in [2.75, 3.05) is 0 Å². The Labute approximate surface area is 95.3 Å². The highest BCUT2D eigenvalue weighted by Gasteiger charge is 2.09. The topological polar surface area (TPSA) is 67.6 Å². The standard InChI is InChI=1S/C11H7FN4O/c12-8-3-1-7(2-4-8)9-5-10(15-14-9)11-16-13-6-17-11/h1-6H,(H,14,15). The molecule has 1 N–H and O–H groups in total. The summed E-state index contributed by atoms with van der Waals surface area (Å²) in [4.78, 5) is 0. The number of hydrogen-bond acceptors (Lipinski definition) is 4. The molecule has 3 rings (SSSR count). The Morgan fingerprint density at radius 3 is 2.71 bits per heavy atom. The van der Waals surface area contributed by atoms with Gasteiger partial charge < -0.3 is 4.42 Å². The van der Waals surface area contributed by atoms with Gasteiger partial charge in [-0.1, -0.05) is 0 Å². The quantitative estimate of drug-likeness (QED) is 0.733. The van der Waals surface area contributed by atoms with Gasteiger partial charge in [-0.15, -0.1) is 10.2 Å². The Kier molecular flexibility index (Phi) is 2.18. The van der Waals surface area contributed by atoms with E-state index in [4.69, 9.17) is 4.42 Å². The predicted molar refractivity (Wildman–Crippen MR) is 57.3 cm³/mol. The molecule has 0 amide bonds. The lowest BCUT2D eigenvalue weighted by Gasteiger charge is -1.94. The minimum absolute atomic E-state index is 0.276. The van der Waals surface area contributed by atoms with Crippen LogP contribution in [0.1, 0.15) is 0 Å². The molecule has 6 heteroatoms. The Hall–Kier alpha value is -2.50. The maximum atomic E-state index is 12.8. The first kappa shape index (κ1) is 9.71. The van der Waals surface area contributed by atoms with E-state index in [2.05, 4.69) is 20.4 Å². The zero-order valence-corrected chi connectivity index (χ0v) is 8.59. The largest absolute Gasteiger partial charge is 0.422 e. The summed E-state index contributed by atoms with van der Waals surface area (Å²) in [5, 5.41) is 14.2. The van der Waals surface area contributed by atoms with E-state index in [-0.39, 0.29) is 5.82 Å². The highest BCUT2D eigenvalue weighted by Crippen LogP contribution is 2.22. The third-order valence-corrected chi connectivity index (χ3v) is 2.31. The van der Waals surface area contributed by atoms with Gasteiger partial charge in [-0.05, 0) is 30.3 Å². The van der Waals surface area contributed by atoms with Crippen molar-refractivity contribution in [2.45, 2.75) is 0 Å². The van der Waals surface area contributed by atoms with Crippen molar-refractivity contribution in [1.29, 1.82) is 0 Å². The van der Waals surface area contributed by atoms with E-state index in [1.54, 1.807) is 18.2 Å². The second-order valence-corrected chi connectivity index (χ2v) is 3.42. The number of hydrogen-bond donors (Lipinski definition) is 1. The van der Waals surface area contributed by atoms with E-state index in [1.807, 2.05) is 0 Å². The fourth-order valence-corrected chi connectivity index (χ4v) is 1.49. The van der Waals surface area contributed by atoms with Gasteiger partial charge in [0, 0.05) is 5.56 Å². The normalized spacial score (nSPS) is 10.6. The number of rotatable bonds is 2. The molecular formula is C11H7FN4O. The average Bonchev–Trinajstić information content (AvgIpc) is 3.00. The van der Waals surface area contributed by atoms with Gasteiger partial charge in [0.15, 0.2) is 0 Å². The van der Waals surface area contributed by atoms with E-state index in [0.717, 1.165) is 5.56 Å². The van der Waals surface area contributed by atoms with E-state index in [9.17, 15) is 4.39 Å². The van der Waals surface area contributed by atoms with Crippen molar-refractivity contribution >= 4 is 0 Å². The van der Waals surface area contributed by atoms with Crippen molar-refractivity contribution in [3.8, 4) is 22.8 Å². The van der Waals surface area contributed by atoms with Crippen LogP contribution in [0.3, 0.4) is 0 Å². The molecule has 17 heavy (non-hydrogen) atoms. The van der Waals surface area contributed by atoms with Crippen LogP contribution in [0.2, 0.25) is 0 Å². The third kappa shape index (κ3) is 1.80. The molecule has 0 bridgehead atoms. The molecule has 3 aromatic rings. The minimum Gasteiger partial charge on any atom is -0.422 e. The van der Waals surface area contributed by atoms with Crippen molar-refractivity contribution in [1.82, 2.24) is 20.4 Å². The van der Waals surface area contributed by atoms with Crippen LogP contribution in [0, 0.1) is 5.82 Å². The van der Waals surface area contributed by atoms with Gasteiger partial charge in [-0.2, -0.15) is 5.10 Å². The number of aromatic nitrogens is 4. The number of nitrogens with one attached hydrogen (secondary N) is 1. The highest BCUT2D eigenvalue weighted by atomic mass is 19.1. The maximum Gasteiger partial charge on any atom is 0.265 e. The number of nitrogens with zero attached hydrogens (tertiary/aromatic N) is 3. The molecule has 84 valence electrons. The molecule has 1 aromatic carbocycles. The monoisotopic (exact) mass is 230 g/mol. The van der Waals surface area contributed by atoms with Gasteiger partial charge in [0.05, 0.1) is 5.69 Å². The molecule has 0 saturated carbocycles. The molecule has 0 spiro atoms. The average molecular weight is 230 g/mol. The smallest absolute Gasteiger partial charge is 0.265 e. The Balaban J connectivity index is 1.98. The summed E-state index contributed by atoms with van der Waals surface area (Å²) in [5.41, 5.74) is 2.13. The van der Waals surface area contributed by atoms with E-state index < -0.39 is 0 Å².